The molecule has 0 unspecified atom stereocenters. The number of hydrogen-bond donors (Lipinski definition) is 1. The molecule has 0 aromatic heterocycles. The van der Waals surface area contributed by atoms with Crippen LogP contribution in [0.15, 0.2) is 77.7 Å². The van der Waals surface area contributed by atoms with E-state index >= 15 is 0 Å². The maximum Gasteiger partial charge on any atom is 0.264 e. The molecule has 1 N–H and O–H groups in total. The van der Waals surface area contributed by atoms with Crippen LogP contribution in [0.2, 0.25) is 10.0 Å². The molecule has 40 heavy (non-hydrogen) atoms. The van der Waals surface area contributed by atoms with Gasteiger partial charge in [0.05, 0.1) is 17.7 Å². The van der Waals surface area contributed by atoms with E-state index in [-0.39, 0.29) is 33.1 Å². The van der Waals surface area contributed by atoms with Crippen molar-refractivity contribution in [2.45, 2.75) is 44.2 Å². The number of rotatable bonds is 13. The normalized spacial score (nSPS) is 11.9. The number of hydrogen-bond acceptors (Lipinski definition) is 5. The average molecular weight is 607 g/mol. The van der Waals surface area contributed by atoms with Crippen LogP contribution in [0.1, 0.15) is 32.3 Å². The van der Waals surface area contributed by atoms with Crippen LogP contribution in [0.4, 0.5) is 5.69 Å². The van der Waals surface area contributed by atoms with Crippen LogP contribution in [0.5, 0.6) is 5.75 Å². The molecule has 0 aliphatic carbocycles. The molecule has 0 radical (unpaired) electrons. The van der Waals surface area contributed by atoms with Crippen molar-refractivity contribution in [1.82, 2.24) is 10.2 Å². The minimum absolute atomic E-state index is 0.00837. The fourth-order valence-corrected chi connectivity index (χ4v) is 5.91. The summed E-state index contributed by atoms with van der Waals surface area (Å²) in [5.41, 5.74) is 0.866. The predicted octanol–water partition coefficient (Wildman–Crippen LogP) is 5.53. The number of methoxy groups -OCH3 is 1. The molecule has 3 aromatic carbocycles. The number of amides is 2. The second kappa shape index (κ2) is 14.4. The quantitative estimate of drug-likeness (QED) is 0.258. The molecule has 2 amide bonds. The molecular formula is C29H33Cl2N3O5S. The number of sulfonamides is 1. The molecule has 0 heterocycles. The van der Waals surface area contributed by atoms with Gasteiger partial charge < -0.3 is 15.0 Å². The van der Waals surface area contributed by atoms with E-state index in [1.54, 1.807) is 56.5 Å². The Morgan fingerprint density at radius 1 is 0.975 bits per heavy atom. The predicted molar refractivity (Wildman–Crippen MR) is 158 cm³/mol. The number of unbranched alkanes of at least 4 members (excludes halogenated alkanes) is 1. The highest BCUT2D eigenvalue weighted by Crippen LogP contribution is 2.30. The first-order valence-corrected chi connectivity index (χ1v) is 15.0. The van der Waals surface area contributed by atoms with Gasteiger partial charge in [0.25, 0.3) is 10.0 Å². The molecule has 0 saturated heterocycles. The Balaban J connectivity index is 2.01. The second-order valence-electron chi connectivity index (χ2n) is 9.14. The Kier molecular flexibility index (Phi) is 11.2. The van der Waals surface area contributed by atoms with Gasteiger partial charge in [0, 0.05) is 23.1 Å². The molecule has 0 aliphatic heterocycles. The molecule has 8 nitrogen and oxygen atoms in total. The standard InChI is InChI=1S/C29H33Cl2N3O5S/c1-4-5-15-32-29(36)21(2)33(19-22-11-13-26(39-3)14-12-22)28(35)20-34(25-17-23(30)16-24(31)18-25)40(37,38)27-9-7-6-8-10-27/h6-14,16-18,21H,4-5,15,19-20H2,1-3H3,(H,32,36)/t21-/m1/s1. The van der Waals surface area contributed by atoms with E-state index in [9.17, 15) is 18.0 Å². The number of halogens is 2. The lowest BCUT2D eigenvalue weighted by atomic mass is 10.1. The van der Waals surface area contributed by atoms with Crippen LogP contribution in [0.3, 0.4) is 0 Å². The summed E-state index contributed by atoms with van der Waals surface area (Å²) in [6, 6.07) is 18.3. The van der Waals surface area contributed by atoms with Crippen molar-refractivity contribution in [2.75, 3.05) is 24.5 Å². The smallest absolute Gasteiger partial charge is 0.264 e. The lowest BCUT2D eigenvalue weighted by Crippen LogP contribution is -2.51. The van der Waals surface area contributed by atoms with E-state index in [1.165, 1.54) is 35.2 Å². The van der Waals surface area contributed by atoms with Gasteiger partial charge in [-0.3, -0.25) is 13.9 Å². The molecular weight excluding hydrogens is 573 g/mol. The molecule has 3 aromatic rings. The maximum atomic E-state index is 13.9. The van der Waals surface area contributed by atoms with E-state index in [0.29, 0.717) is 12.3 Å². The Morgan fingerprint density at radius 2 is 1.60 bits per heavy atom. The first kappa shape index (κ1) is 31.3. The third-order valence-corrected chi connectivity index (χ3v) is 8.48. The van der Waals surface area contributed by atoms with Crippen molar-refractivity contribution in [3.63, 3.8) is 0 Å². The number of carbonyl (C=O) groups is 2. The van der Waals surface area contributed by atoms with Gasteiger partial charge >= 0.3 is 0 Å². The largest absolute Gasteiger partial charge is 0.497 e. The third kappa shape index (κ3) is 8.13. The van der Waals surface area contributed by atoms with E-state index in [4.69, 9.17) is 27.9 Å². The number of carbonyl (C=O) groups excluding carboxylic acids is 2. The summed E-state index contributed by atoms with van der Waals surface area (Å²) in [6.07, 6.45) is 1.70. The molecule has 0 fully saturated rings. The first-order chi connectivity index (χ1) is 19.1. The summed E-state index contributed by atoms with van der Waals surface area (Å²) < 4.78 is 33.8. The van der Waals surface area contributed by atoms with Gasteiger partial charge in [-0.05, 0) is 61.4 Å². The van der Waals surface area contributed by atoms with Crippen molar-refractivity contribution in [3.8, 4) is 5.75 Å². The van der Waals surface area contributed by atoms with Crippen molar-refractivity contribution in [1.29, 1.82) is 0 Å². The molecule has 0 bridgehead atoms. The minimum atomic E-state index is -4.21. The minimum Gasteiger partial charge on any atom is -0.497 e. The van der Waals surface area contributed by atoms with E-state index in [1.807, 2.05) is 6.92 Å². The lowest BCUT2D eigenvalue weighted by Gasteiger charge is -2.32. The second-order valence-corrected chi connectivity index (χ2v) is 11.9. The summed E-state index contributed by atoms with van der Waals surface area (Å²) in [5, 5.41) is 3.28. The zero-order valence-corrected chi connectivity index (χ0v) is 25.0. The highest BCUT2D eigenvalue weighted by atomic mass is 35.5. The Hall–Kier alpha value is -3.27. The number of ether oxygens (including phenoxy) is 1. The summed E-state index contributed by atoms with van der Waals surface area (Å²) >= 11 is 12.4. The van der Waals surface area contributed by atoms with Crippen LogP contribution >= 0.6 is 23.2 Å². The van der Waals surface area contributed by atoms with Crippen LogP contribution in [0.25, 0.3) is 0 Å². The third-order valence-electron chi connectivity index (χ3n) is 6.25. The summed E-state index contributed by atoms with van der Waals surface area (Å²) in [6.45, 7) is 3.59. The maximum absolute atomic E-state index is 13.9. The Bertz CT molecular complexity index is 1380. The molecule has 0 spiro atoms. The van der Waals surface area contributed by atoms with Crippen molar-refractivity contribution in [3.05, 3.63) is 88.4 Å². The van der Waals surface area contributed by atoms with Gasteiger partial charge in [0.1, 0.15) is 18.3 Å². The van der Waals surface area contributed by atoms with Gasteiger partial charge in [-0.2, -0.15) is 0 Å². The summed E-state index contributed by atoms with van der Waals surface area (Å²) in [5.74, 6) is -0.270. The zero-order valence-electron chi connectivity index (χ0n) is 22.6. The van der Waals surface area contributed by atoms with E-state index < -0.39 is 28.5 Å². The fraction of sp³-hybridized carbons (Fsp3) is 0.310. The van der Waals surface area contributed by atoms with Crippen molar-refractivity contribution >= 4 is 50.7 Å². The number of benzene rings is 3. The first-order valence-electron chi connectivity index (χ1n) is 12.8. The van der Waals surface area contributed by atoms with Crippen LogP contribution in [-0.2, 0) is 26.2 Å². The molecule has 0 saturated carbocycles. The molecule has 214 valence electrons. The van der Waals surface area contributed by atoms with Gasteiger partial charge in [0.2, 0.25) is 11.8 Å². The molecule has 0 aliphatic rings. The number of nitrogens with one attached hydrogen (secondary N) is 1. The number of nitrogens with zero attached hydrogens (tertiary/aromatic N) is 2. The van der Waals surface area contributed by atoms with E-state index in [0.717, 1.165) is 22.7 Å². The average Bonchev–Trinajstić information content (AvgIpc) is 2.94. The summed E-state index contributed by atoms with van der Waals surface area (Å²) in [4.78, 5) is 28.3. The van der Waals surface area contributed by atoms with Gasteiger partial charge in [0.15, 0.2) is 0 Å². The van der Waals surface area contributed by atoms with Crippen molar-refractivity contribution in [2.24, 2.45) is 0 Å². The van der Waals surface area contributed by atoms with Crippen LogP contribution in [0, 0.1) is 0 Å². The Labute approximate surface area is 245 Å². The molecule has 11 heteroatoms. The SMILES string of the molecule is CCCCNC(=O)[C@@H](C)N(Cc1ccc(OC)cc1)C(=O)CN(c1cc(Cl)cc(Cl)c1)S(=O)(=O)c1ccccc1. The van der Waals surface area contributed by atoms with Crippen molar-refractivity contribution < 1.29 is 22.7 Å². The topological polar surface area (TPSA) is 96.0 Å². The monoisotopic (exact) mass is 605 g/mol. The fourth-order valence-electron chi connectivity index (χ4n) is 3.98. The Morgan fingerprint density at radius 3 is 2.17 bits per heavy atom. The van der Waals surface area contributed by atoms with Crippen LogP contribution < -0.4 is 14.4 Å². The van der Waals surface area contributed by atoms with Gasteiger partial charge in [-0.1, -0.05) is 66.9 Å². The van der Waals surface area contributed by atoms with E-state index in [2.05, 4.69) is 5.32 Å². The van der Waals surface area contributed by atoms with Gasteiger partial charge in [-0.15, -0.1) is 0 Å². The molecule has 3 rings (SSSR count). The number of anilines is 1. The van der Waals surface area contributed by atoms with Crippen LogP contribution in [-0.4, -0.2) is 51.4 Å². The highest BCUT2D eigenvalue weighted by molar-refractivity contribution is 7.92. The van der Waals surface area contributed by atoms with Gasteiger partial charge in [-0.25, -0.2) is 8.42 Å². The zero-order chi connectivity index (χ0) is 29.3. The highest BCUT2D eigenvalue weighted by Gasteiger charge is 2.32. The lowest BCUT2D eigenvalue weighted by molar-refractivity contribution is -0.139. The molecule has 1 atom stereocenters. The summed E-state index contributed by atoms with van der Waals surface area (Å²) in [7, 11) is -2.66.